The van der Waals surface area contributed by atoms with Crippen molar-refractivity contribution in [3.8, 4) is 6.07 Å². The second-order valence-electron chi connectivity index (χ2n) is 3.82. The molecule has 2 aromatic heterocycles. The molecule has 0 aliphatic heterocycles. The van der Waals surface area contributed by atoms with E-state index >= 15 is 0 Å². The minimum absolute atomic E-state index is 0.237. The largest absolute Gasteiger partial charge is 0.305 e. The summed E-state index contributed by atoms with van der Waals surface area (Å²) >= 11 is 3.34. The van der Waals surface area contributed by atoms with Crippen LogP contribution in [0, 0.1) is 18.3 Å². The number of hydrogen-bond donors (Lipinski definition) is 1. The number of nitrogens with one attached hydrogen (secondary N) is 1. The Bertz CT molecular complexity index is 661. The number of anilines is 1. The Hall–Kier alpha value is -2.26. The molecule has 0 atom stereocenters. The number of carbonyl (C=O) groups excluding carboxylic acids is 1. The molecule has 0 saturated heterocycles. The highest BCUT2D eigenvalue weighted by Gasteiger charge is 2.09. The van der Waals surface area contributed by atoms with E-state index in [1.54, 1.807) is 18.3 Å². The van der Waals surface area contributed by atoms with Crippen LogP contribution in [0.5, 0.6) is 0 Å². The van der Waals surface area contributed by atoms with E-state index in [0.717, 1.165) is 10.0 Å². The van der Waals surface area contributed by atoms with E-state index in [1.807, 2.05) is 13.0 Å². The highest BCUT2D eigenvalue weighted by Crippen LogP contribution is 2.17. The van der Waals surface area contributed by atoms with Gasteiger partial charge < -0.3 is 5.32 Å². The van der Waals surface area contributed by atoms with Crippen LogP contribution in [-0.2, 0) is 0 Å². The first-order valence-electron chi connectivity index (χ1n) is 5.40. The summed E-state index contributed by atoms with van der Waals surface area (Å²) in [6, 6.07) is 6.74. The fourth-order valence-corrected chi connectivity index (χ4v) is 1.60. The first kappa shape index (κ1) is 13.2. The van der Waals surface area contributed by atoms with E-state index in [4.69, 9.17) is 5.26 Å². The predicted molar refractivity (Wildman–Crippen MR) is 73.6 cm³/mol. The summed E-state index contributed by atoms with van der Waals surface area (Å²) in [6.45, 7) is 1.90. The molecular weight excluding hydrogens is 308 g/mol. The molecule has 0 spiro atoms. The molecule has 1 amide bonds. The van der Waals surface area contributed by atoms with Crippen molar-refractivity contribution in [2.75, 3.05) is 5.32 Å². The number of amides is 1. The van der Waals surface area contributed by atoms with E-state index in [-0.39, 0.29) is 11.6 Å². The first-order chi connectivity index (χ1) is 9.10. The van der Waals surface area contributed by atoms with Crippen molar-refractivity contribution in [3.05, 3.63) is 51.9 Å². The zero-order valence-electron chi connectivity index (χ0n) is 10.0. The van der Waals surface area contributed by atoms with E-state index in [1.165, 1.54) is 12.3 Å². The van der Waals surface area contributed by atoms with Crippen LogP contribution in [-0.4, -0.2) is 15.9 Å². The number of rotatable bonds is 2. The normalized spacial score (nSPS) is 9.74. The number of pyridine rings is 2. The summed E-state index contributed by atoms with van der Waals surface area (Å²) in [5, 5.41) is 11.3. The van der Waals surface area contributed by atoms with E-state index in [0.29, 0.717) is 11.4 Å². The lowest BCUT2D eigenvalue weighted by molar-refractivity contribution is 0.102. The number of halogens is 1. The monoisotopic (exact) mass is 316 g/mol. The molecule has 94 valence electrons. The number of hydrogen-bond acceptors (Lipinski definition) is 4. The van der Waals surface area contributed by atoms with Crippen LogP contribution in [0.2, 0.25) is 0 Å². The Labute approximate surface area is 118 Å². The molecule has 0 unspecified atom stereocenters. The van der Waals surface area contributed by atoms with E-state index in [2.05, 4.69) is 31.2 Å². The van der Waals surface area contributed by atoms with E-state index in [9.17, 15) is 4.79 Å². The third kappa shape index (κ3) is 3.14. The van der Waals surface area contributed by atoms with Gasteiger partial charge in [-0.1, -0.05) is 0 Å². The van der Waals surface area contributed by atoms with Crippen LogP contribution in [0.15, 0.2) is 35.1 Å². The zero-order chi connectivity index (χ0) is 13.8. The van der Waals surface area contributed by atoms with Crippen molar-refractivity contribution in [2.24, 2.45) is 0 Å². The van der Waals surface area contributed by atoms with E-state index < -0.39 is 0 Å². The van der Waals surface area contributed by atoms with Gasteiger partial charge in [0.05, 0.1) is 5.56 Å². The molecule has 2 aromatic rings. The summed E-state index contributed by atoms with van der Waals surface area (Å²) in [5.41, 5.74) is 1.62. The summed E-state index contributed by atoms with van der Waals surface area (Å²) in [6.07, 6.45) is 2.98. The molecule has 2 heterocycles. The van der Waals surface area contributed by atoms with Crippen molar-refractivity contribution in [1.29, 1.82) is 5.26 Å². The molecule has 5 nitrogen and oxygen atoms in total. The average molecular weight is 317 g/mol. The summed E-state index contributed by atoms with van der Waals surface area (Å²) in [4.78, 5) is 19.9. The molecule has 19 heavy (non-hydrogen) atoms. The van der Waals surface area contributed by atoms with Crippen molar-refractivity contribution < 1.29 is 4.79 Å². The Morgan fingerprint density at radius 1 is 1.37 bits per heavy atom. The number of aromatic nitrogens is 2. The molecule has 0 fully saturated rings. The highest BCUT2D eigenvalue weighted by atomic mass is 79.9. The molecule has 0 aliphatic rings. The van der Waals surface area contributed by atoms with Crippen LogP contribution in [0.3, 0.4) is 0 Å². The Kier molecular flexibility index (Phi) is 3.88. The molecule has 0 saturated carbocycles. The number of nitriles is 1. The first-order valence-corrected chi connectivity index (χ1v) is 6.19. The molecule has 1 N–H and O–H groups in total. The van der Waals surface area contributed by atoms with Crippen LogP contribution in [0.25, 0.3) is 0 Å². The van der Waals surface area contributed by atoms with Gasteiger partial charge >= 0.3 is 0 Å². The van der Waals surface area contributed by atoms with Gasteiger partial charge in [-0.3, -0.25) is 4.79 Å². The van der Waals surface area contributed by atoms with Gasteiger partial charge in [-0.25, -0.2) is 9.97 Å². The standard InChI is InChI=1S/C13H9BrN4O/c1-8-4-12(17-7-10(8)14)18-13(19)11-3-2-9(5-15)6-16-11/h2-4,6-7H,1H3,(H,17,18,19). The molecule has 0 bridgehead atoms. The van der Waals surface area contributed by atoms with Gasteiger partial charge in [0.25, 0.3) is 5.91 Å². The lowest BCUT2D eigenvalue weighted by atomic mass is 10.2. The molecule has 2 rings (SSSR count). The Morgan fingerprint density at radius 3 is 2.74 bits per heavy atom. The molecule has 0 aliphatic carbocycles. The molecule has 6 heteroatoms. The molecular formula is C13H9BrN4O. The second kappa shape index (κ2) is 5.59. The van der Waals surface area contributed by atoms with Crippen LogP contribution < -0.4 is 5.32 Å². The maximum Gasteiger partial charge on any atom is 0.275 e. The van der Waals surface area contributed by atoms with Crippen LogP contribution in [0.1, 0.15) is 21.6 Å². The average Bonchev–Trinajstić information content (AvgIpc) is 2.43. The van der Waals surface area contributed by atoms with Gasteiger partial charge in [0.2, 0.25) is 0 Å². The van der Waals surface area contributed by atoms with Crippen molar-refractivity contribution in [3.63, 3.8) is 0 Å². The zero-order valence-corrected chi connectivity index (χ0v) is 11.6. The SMILES string of the molecule is Cc1cc(NC(=O)c2ccc(C#N)cn2)ncc1Br. The van der Waals surface area contributed by atoms with Crippen LogP contribution in [0.4, 0.5) is 5.82 Å². The molecule has 0 radical (unpaired) electrons. The summed E-state index contributed by atoms with van der Waals surface area (Å²) in [5.74, 6) is 0.0931. The third-order valence-electron chi connectivity index (χ3n) is 2.41. The van der Waals surface area contributed by atoms with Gasteiger partial charge in [-0.05, 0) is 46.6 Å². The van der Waals surface area contributed by atoms with Crippen molar-refractivity contribution in [2.45, 2.75) is 6.92 Å². The molecule has 0 aromatic carbocycles. The quantitative estimate of drug-likeness (QED) is 0.923. The Morgan fingerprint density at radius 2 is 2.16 bits per heavy atom. The van der Waals surface area contributed by atoms with Gasteiger partial charge in [0, 0.05) is 16.9 Å². The lowest BCUT2D eigenvalue weighted by Crippen LogP contribution is -2.14. The summed E-state index contributed by atoms with van der Waals surface area (Å²) in [7, 11) is 0. The summed E-state index contributed by atoms with van der Waals surface area (Å²) < 4.78 is 0.877. The third-order valence-corrected chi connectivity index (χ3v) is 3.24. The Balaban J connectivity index is 2.16. The minimum atomic E-state index is -0.362. The smallest absolute Gasteiger partial charge is 0.275 e. The van der Waals surface area contributed by atoms with Crippen molar-refractivity contribution in [1.82, 2.24) is 9.97 Å². The fourth-order valence-electron chi connectivity index (χ4n) is 1.38. The highest BCUT2D eigenvalue weighted by molar-refractivity contribution is 9.10. The minimum Gasteiger partial charge on any atom is -0.305 e. The maximum atomic E-state index is 11.9. The van der Waals surface area contributed by atoms with Crippen molar-refractivity contribution >= 4 is 27.7 Å². The van der Waals surface area contributed by atoms with Gasteiger partial charge in [0.15, 0.2) is 0 Å². The van der Waals surface area contributed by atoms with Gasteiger partial charge in [-0.15, -0.1) is 0 Å². The maximum absolute atomic E-state index is 11.9. The number of nitrogens with zero attached hydrogens (tertiary/aromatic N) is 3. The second-order valence-corrected chi connectivity index (χ2v) is 4.67. The number of aryl methyl sites for hydroxylation is 1. The van der Waals surface area contributed by atoms with Crippen LogP contribution >= 0.6 is 15.9 Å². The fraction of sp³-hybridized carbons (Fsp3) is 0.0769. The lowest BCUT2D eigenvalue weighted by Gasteiger charge is -2.05. The van der Waals surface area contributed by atoms with Gasteiger partial charge in [0.1, 0.15) is 17.6 Å². The number of carbonyl (C=O) groups is 1. The topological polar surface area (TPSA) is 78.7 Å². The van der Waals surface area contributed by atoms with Gasteiger partial charge in [-0.2, -0.15) is 5.26 Å². The predicted octanol–water partition coefficient (Wildman–Crippen LogP) is 2.67.